The van der Waals surface area contributed by atoms with Gasteiger partial charge in [-0.3, -0.25) is 9.78 Å². The van der Waals surface area contributed by atoms with Gasteiger partial charge in [0.15, 0.2) is 0 Å². The smallest absolute Gasteiger partial charge is 0.399 e. The Kier molecular flexibility index (Phi) is 5.73. The number of hydrogen-bond donors (Lipinski definition) is 1. The SMILES string of the molecule is CC1(C)OB(c2ccc([C@@H](CN)C(=O)Cc3ccc4cnccc4c3)cc2)OC1(C)C. The van der Waals surface area contributed by atoms with Crippen molar-refractivity contribution in [2.75, 3.05) is 6.54 Å². The Labute approximate surface area is 184 Å². The van der Waals surface area contributed by atoms with Crippen molar-refractivity contribution in [1.82, 2.24) is 4.98 Å². The lowest BCUT2D eigenvalue weighted by atomic mass is 9.78. The van der Waals surface area contributed by atoms with Gasteiger partial charge in [0.2, 0.25) is 0 Å². The topological polar surface area (TPSA) is 74.4 Å². The van der Waals surface area contributed by atoms with E-state index >= 15 is 0 Å². The van der Waals surface area contributed by atoms with Gasteiger partial charge in [-0.15, -0.1) is 0 Å². The maximum Gasteiger partial charge on any atom is 0.494 e. The van der Waals surface area contributed by atoms with Gasteiger partial charge in [-0.05, 0) is 55.7 Å². The molecule has 4 rings (SSSR count). The van der Waals surface area contributed by atoms with Crippen LogP contribution >= 0.6 is 0 Å². The highest BCUT2D eigenvalue weighted by atomic mass is 16.7. The minimum absolute atomic E-state index is 0.110. The molecule has 1 saturated heterocycles. The van der Waals surface area contributed by atoms with Gasteiger partial charge in [-0.2, -0.15) is 0 Å². The zero-order chi connectivity index (χ0) is 22.2. The first-order chi connectivity index (χ1) is 14.7. The summed E-state index contributed by atoms with van der Waals surface area (Å²) in [7, 11) is -0.418. The lowest BCUT2D eigenvalue weighted by Crippen LogP contribution is -2.41. The third kappa shape index (κ3) is 4.29. The molecule has 6 heteroatoms. The van der Waals surface area contributed by atoms with E-state index in [-0.39, 0.29) is 29.4 Å². The number of hydrogen-bond acceptors (Lipinski definition) is 5. The lowest BCUT2D eigenvalue weighted by molar-refractivity contribution is -0.119. The van der Waals surface area contributed by atoms with Crippen LogP contribution in [-0.4, -0.2) is 35.6 Å². The van der Waals surface area contributed by atoms with Gasteiger partial charge in [0.25, 0.3) is 0 Å². The molecule has 1 fully saturated rings. The van der Waals surface area contributed by atoms with E-state index in [9.17, 15) is 4.79 Å². The summed E-state index contributed by atoms with van der Waals surface area (Å²) in [4.78, 5) is 17.2. The second-order valence-electron chi connectivity index (χ2n) is 9.24. The summed E-state index contributed by atoms with van der Waals surface area (Å²) in [6, 6.07) is 15.8. The van der Waals surface area contributed by atoms with Gasteiger partial charge >= 0.3 is 7.12 Å². The molecule has 0 amide bonds. The molecule has 2 aromatic carbocycles. The van der Waals surface area contributed by atoms with E-state index in [1.807, 2.05) is 82.4 Å². The number of ketones is 1. The van der Waals surface area contributed by atoms with Crippen LogP contribution in [0, 0.1) is 0 Å². The maximum atomic E-state index is 13.0. The molecular weight excluding hydrogens is 387 g/mol. The Morgan fingerprint density at radius 1 is 1.00 bits per heavy atom. The van der Waals surface area contributed by atoms with Crippen LogP contribution in [0.15, 0.2) is 60.9 Å². The van der Waals surface area contributed by atoms with Crippen LogP contribution in [0.4, 0.5) is 0 Å². The van der Waals surface area contributed by atoms with Crippen molar-refractivity contribution in [2.24, 2.45) is 5.73 Å². The first-order valence-electron chi connectivity index (χ1n) is 10.7. The molecule has 1 aromatic heterocycles. The van der Waals surface area contributed by atoms with Crippen LogP contribution in [0.25, 0.3) is 10.8 Å². The quantitative estimate of drug-likeness (QED) is 0.624. The monoisotopic (exact) mass is 416 g/mol. The van der Waals surface area contributed by atoms with Crippen LogP contribution in [0.1, 0.15) is 44.7 Å². The summed E-state index contributed by atoms with van der Waals surface area (Å²) in [5.41, 5.74) is 8.06. The fourth-order valence-electron chi connectivity index (χ4n) is 3.89. The number of nitrogens with two attached hydrogens (primary N) is 1. The van der Waals surface area contributed by atoms with E-state index in [0.717, 1.165) is 27.4 Å². The Balaban J connectivity index is 1.49. The van der Waals surface area contributed by atoms with Crippen molar-refractivity contribution in [1.29, 1.82) is 0 Å². The van der Waals surface area contributed by atoms with E-state index in [4.69, 9.17) is 15.0 Å². The Morgan fingerprint density at radius 3 is 2.32 bits per heavy atom. The molecule has 5 nitrogen and oxygen atoms in total. The molecular formula is C25H29BN2O3. The molecule has 160 valence electrons. The van der Waals surface area contributed by atoms with E-state index in [1.54, 1.807) is 6.20 Å². The van der Waals surface area contributed by atoms with Gasteiger partial charge in [0.05, 0.1) is 17.1 Å². The predicted octanol–water partition coefficient (Wildman–Crippen LogP) is 3.39. The standard InChI is InChI=1S/C25H29BN2O3/c1-24(2)25(3,4)31-26(30-24)21-9-7-18(8-10-21)22(15-27)23(29)14-17-5-6-20-16-28-12-11-19(20)13-17/h5-13,16,22H,14-15,27H2,1-4H3/t22-/m1/s1. The van der Waals surface area contributed by atoms with Crippen LogP contribution in [0.2, 0.25) is 0 Å². The molecule has 0 aliphatic carbocycles. The van der Waals surface area contributed by atoms with Crippen LogP contribution in [0.5, 0.6) is 0 Å². The summed E-state index contributed by atoms with van der Waals surface area (Å²) < 4.78 is 12.2. The highest BCUT2D eigenvalue weighted by Gasteiger charge is 2.51. The Hall–Kier alpha value is -2.54. The second kappa shape index (κ2) is 8.19. The maximum absolute atomic E-state index is 13.0. The summed E-state index contributed by atoms with van der Waals surface area (Å²) >= 11 is 0. The summed E-state index contributed by atoms with van der Waals surface area (Å²) in [5.74, 6) is -0.236. The zero-order valence-corrected chi connectivity index (χ0v) is 18.6. The third-order valence-electron chi connectivity index (χ3n) is 6.57. The van der Waals surface area contributed by atoms with Crippen molar-refractivity contribution in [3.63, 3.8) is 0 Å². The number of rotatable bonds is 6. The van der Waals surface area contributed by atoms with Crippen molar-refractivity contribution in [2.45, 2.75) is 51.2 Å². The number of carbonyl (C=O) groups is 1. The molecule has 2 heterocycles. The molecule has 0 spiro atoms. The molecule has 2 N–H and O–H groups in total. The fraction of sp³-hybridized carbons (Fsp3) is 0.360. The number of nitrogens with zero attached hydrogens (tertiary/aromatic N) is 1. The Bertz CT molecular complexity index is 1080. The van der Waals surface area contributed by atoms with Gasteiger partial charge in [-0.1, -0.05) is 42.5 Å². The van der Waals surface area contributed by atoms with Gasteiger partial charge in [0.1, 0.15) is 5.78 Å². The molecule has 0 saturated carbocycles. The number of pyridine rings is 1. The predicted molar refractivity (Wildman–Crippen MR) is 124 cm³/mol. The normalized spacial score (nSPS) is 18.3. The summed E-state index contributed by atoms with van der Waals surface area (Å²) in [6.45, 7) is 8.41. The molecule has 0 bridgehead atoms. The van der Waals surface area contributed by atoms with Crippen LogP contribution < -0.4 is 11.2 Å². The van der Waals surface area contributed by atoms with Crippen LogP contribution in [-0.2, 0) is 20.5 Å². The molecule has 1 aliphatic heterocycles. The Morgan fingerprint density at radius 2 is 1.68 bits per heavy atom. The average Bonchev–Trinajstić information content (AvgIpc) is 2.96. The van der Waals surface area contributed by atoms with E-state index in [1.165, 1.54) is 0 Å². The summed E-state index contributed by atoms with van der Waals surface area (Å²) in [5, 5.41) is 2.14. The summed E-state index contributed by atoms with van der Waals surface area (Å²) in [6.07, 6.45) is 3.93. The van der Waals surface area contributed by atoms with E-state index in [2.05, 4.69) is 4.98 Å². The van der Waals surface area contributed by atoms with Gasteiger partial charge < -0.3 is 15.0 Å². The van der Waals surface area contributed by atoms with E-state index in [0.29, 0.717) is 6.42 Å². The molecule has 0 unspecified atom stereocenters. The largest absolute Gasteiger partial charge is 0.494 e. The number of benzene rings is 2. The molecule has 31 heavy (non-hydrogen) atoms. The van der Waals surface area contributed by atoms with Crippen LogP contribution in [0.3, 0.4) is 0 Å². The highest BCUT2D eigenvalue weighted by Crippen LogP contribution is 2.36. The third-order valence-corrected chi connectivity index (χ3v) is 6.57. The first-order valence-corrected chi connectivity index (χ1v) is 10.7. The van der Waals surface area contributed by atoms with Crippen molar-refractivity contribution in [3.05, 3.63) is 72.1 Å². The van der Waals surface area contributed by atoms with Crippen molar-refractivity contribution < 1.29 is 14.1 Å². The highest BCUT2D eigenvalue weighted by molar-refractivity contribution is 6.62. The number of aromatic nitrogens is 1. The molecule has 0 radical (unpaired) electrons. The minimum atomic E-state index is -0.418. The van der Waals surface area contributed by atoms with E-state index < -0.39 is 7.12 Å². The average molecular weight is 416 g/mol. The minimum Gasteiger partial charge on any atom is -0.399 e. The number of fused-ring (bicyclic) bond motifs is 1. The zero-order valence-electron chi connectivity index (χ0n) is 18.6. The fourth-order valence-corrected chi connectivity index (χ4v) is 3.89. The number of carbonyl (C=O) groups excluding carboxylic acids is 1. The van der Waals surface area contributed by atoms with Crippen molar-refractivity contribution >= 4 is 29.1 Å². The first kappa shape index (κ1) is 21.7. The van der Waals surface area contributed by atoms with Gasteiger partial charge in [-0.25, -0.2) is 0 Å². The van der Waals surface area contributed by atoms with Gasteiger partial charge in [0, 0.05) is 30.7 Å². The second-order valence-corrected chi connectivity index (χ2v) is 9.24. The molecule has 1 aliphatic rings. The number of Topliss-reactive ketones (excluding diaryl/α,β-unsaturated/α-hetero) is 1. The molecule has 3 aromatic rings. The lowest BCUT2D eigenvalue weighted by Gasteiger charge is -2.32. The van der Waals surface area contributed by atoms with Crippen molar-refractivity contribution in [3.8, 4) is 0 Å². The molecule has 1 atom stereocenters.